The number of rotatable bonds is 5. The molecule has 3 aromatic heterocycles. The van der Waals surface area contributed by atoms with Crippen LogP contribution in [0.25, 0.3) is 88.6 Å². The fourth-order valence-corrected chi connectivity index (χ4v) is 7.78. The summed E-state index contributed by atoms with van der Waals surface area (Å²) >= 11 is 0. The van der Waals surface area contributed by atoms with Gasteiger partial charge < -0.3 is 9.13 Å². The number of nitrogens with zero attached hydrogens (tertiary/aromatic N) is 4. The lowest BCUT2D eigenvalue weighted by atomic mass is 10.00. The molecule has 0 spiro atoms. The number of fused-ring (bicyclic) bond motifs is 7. The molecule has 52 heavy (non-hydrogen) atoms. The molecule has 0 saturated carbocycles. The number of aromatic nitrogens is 3. The lowest BCUT2D eigenvalue weighted by molar-refractivity contribution is 1.17. The van der Waals surface area contributed by atoms with Crippen LogP contribution in [0.1, 0.15) is 5.56 Å². The first-order chi connectivity index (χ1) is 25.7. The topological polar surface area (TPSA) is 46.5 Å². The highest BCUT2D eigenvalue weighted by molar-refractivity contribution is 6.26. The van der Waals surface area contributed by atoms with Crippen LogP contribution in [0.5, 0.6) is 0 Å². The first kappa shape index (κ1) is 29.7. The van der Waals surface area contributed by atoms with Gasteiger partial charge in [0.05, 0.1) is 45.1 Å². The van der Waals surface area contributed by atoms with E-state index in [2.05, 4.69) is 173 Å². The van der Waals surface area contributed by atoms with Crippen molar-refractivity contribution >= 4 is 43.6 Å². The average molecular weight is 663 g/mol. The van der Waals surface area contributed by atoms with Crippen molar-refractivity contribution in [3.05, 3.63) is 188 Å². The molecule has 0 unspecified atom stereocenters. The van der Waals surface area contributed by atoms with Gasteiger partial charge in [0.1, 0.15) is 0 Å². The van der Waals surface area contributed by atoms with Crippen molar-refractivity contribution in [3.8, 4) is 51.1 Å². The van der Waals surface area contributed by atoms with Gasteiger partial charge in [0, 0.05) is 44.0 Å². The molecule has 10 rings (SSSR count). The van der Waals surface area contributed by atoms with Gasteiger partial charge in [0.2, 0.25) is 0 Å². The minimum atomic E-state index is 0.637. The van der Waals surface area contributed by atoms with Gasteiger partial charge in [-0.3, -0.25) is 0 Å². The van der Waals surface area contributed by atoms with E-state index < -0.39 is 0 Å². The summed E-state index contributed by atoms with van der Waals surface area (Å²) in [4.78, 5) is 5.18. The normalized spacial score (nSPS) is 11.4. The second-order valence-electron chi connectivity index (χ2n) is 13.1. The first-order valence-electron chi connectivity index (χ1n) is 17.4. The Morgan fingerprint density at radius 3 is 1.73 bits per heavy atom. The summed E-state index contributed by atoms with van der Waals surface area (Å²) in [6, 6.07) is 66.0. The van der Waals surface area contributed by atoms with E-state index in [9.17, 15) is 5.26 Å². The van der Waals surface area contributed by atoms with Gasteiger partial charge in [0.25, 0.3) is 0 Å². The summed E-state index contributed by atoms with van der Waals surface area (Å²) < 4.78 is 4.69. The van der Waals surface area contributed by atoms with E-state index in [4.69, 9.17) is 4.98 Å². The molecule has 0 aliphatic carbocycles. The fourth-order valence-electron chi connectivity index (χ4n) is 7.78. The summed E-state index contributed by atoms with van der Waals surface area (Å²) in [7, 11) is 0. The second-order valence-corrected chi connectivity index (χ2v) is 13.1. The van der Waals surface area contributed by atoms with Gasteiger partial charge >= 0.3 is 0 Å². The molecule has 0 amide bonds. The van der Waals surface area contributed by atoms with Crippen molar-refractivity contribution in [1.82, 2.24) is 14.1 Å². The van der Waals surface area contributed by atoms with Gasteiger partial charge in [0.15, 0.2) is 0 Å². The van der Waals surface area contributed by atoms with Crippen LogP contribution in [0.4, 0.5) is 0 Å². The Hall–Kier alpha value is -7.22. The molecule has 3 heterocycles. The molecule has 0 N–H and O–H groups in total. The maximum absolute atomic E-state index is 9.73. The van der Waals surface area contributed by atoms with E-state index in [0.717, 1.165) is 67.1 Å². The largest absolute Gasteiger partial charge is 0.309 e. The molecule has 0 atom stereocenters. The van der Waals surface area contributed by atoms with Crippen LogP contribution in [-0.2, 0) is 0 Å². The minimum absolute atomic E-state index is 0.637. The van der Waals surface area contributed by atoms with Crippen LogP contribution >= 0.6 is 0 Å². The molecule has 0 bridgehead atoms. The number of hydrogen-bond donors (Lipinski definition) is 0. The van der Waals surface area contributed by atoms with Crippen molar-refractivity contribution in [2.45, 2.75) is 0 Å². The third-order valence-corrected chi connectivity index (χ3v) is 10.1. The van der Waals surface area contributed by atoms with Crippen LogP contribution in [-0.4, -0.2) is 14.1 Å². The van der Waals surface area contributed by atoms with Gasteiger partial charge in [-0.25, -0.2) is 4.98 Å². The molecule has 0 radical (unpaired) electrons. The molecule has 0 saturated heterocycles. The SMILES string of the molecule is N#Cc1cccc(-n2c3ccccc3c3c2ccc2c4ccccc4n(-c4ccc(-c5cc(-c6ccccc6)cc(-c6ccccc6)n5)cc4)c23)c1. The fraction of sp³-hybridized carbons (Fsp3) is 0. The molecule has 0 aliphatic heterocycles. The molecular weight excluding hydrogens is 633 g/mol. The summed E-state index contributed by atoms with van der Waals surface area (Å²) in [5, 5.41) is 14.5. The standard InChI is InChI=1S/C48H30N4/c49-31-32-12-11-17-38(28-32)51-45-21-10-8-19-41(45)47-46(51)27-26-40-39-18-7-9-20-44(39)52(48(40)47)37-24-22-35(23-25-37)43-30-36(33-13-3-1-4-14-33)29-42(50-43)34-15-5-2-6-16-34/h1-30H. The highest BCUT2D eigenvalue weighted by Gasteiger charge is 2.21. The first-order valence-corrected chi connectivity index (χ1v) is 17.4. The van der Waals surface area contributed by atoms with Crippen LogP contribution in [0.15, 0.2) is 182 Å². The Balaban J connectivity index is 1.20. The third kappa shape index (κ3) is 4.72. The zero-order chi connectivity index (χ0) is 34.6. The Morgan fingerprint density at radius 2 is 1.02 bits per heavy atom. The maximum atomic E-state index is 9.73. The van der Waals surface area contributed by atoms with Gasteiger partial charge in [-0.2, -0.15) is 5.26 Å². The minimum Gasteiger partial charge on any atom is -0.309 e. The zero-order valence-corrected chi connectivity index (χ0v) is 28.1. The predicted octanol–water partition coefficient (Wildman–Crippen LogP) is 12.1. The number of para-hydroxylation sites is 2. The smallest absolute Gasteiger partial charge is 0.0992 e. The molecular formula is C48H30N4. The molecule has 242 valence electrons. The third-order valence-electron chi connectivity index (χ3n) is 10.1. The molecule has 7 aromatic carbocycles. The van der Waals surface area contributed by atoms with Gasteiger partial charge in [-0.05, 0) is 71.8 Å². The average Bonchev–Trinajstić information content (AvgIpc) is 3.74. The second kappa shape index (κ2) is 12.0. The van der Waals surface area contributed by atoms with Crippen molar-refractivity contribution < 1.29 is 0 Å². The van der Waals surface area contributed by atoms with Crippen LogP contribution < -0.4 is 0 Å². The zero-order valence-electron chi connectivity index (χ0n) is 28.1. The van der Waals surface area contributed by atoms with Gasteiger partial charge in [-0.15, -0.1) is 0 Å². The Morgan fingerprint density at radius 1 is 0.404 bits per heavy atom. The summed E-state index contributed by atoms with van der Waals surface area (Å²) in [5.41, 5.74) is 13.5. The Kier molecular flexibility index (Phi) is 6.84. The molecule has 4 nitrogen and oxygen atoms in total. The van der Waals surface area contributed by atoms with Crippen LogP contribution in [0.2, 0.25) is 0 Å². The van der Waals surface area contributed by atoms with E-state index in [0.29, 0.717) is 5.56 Å². The highest BCUT2D eigenvalue weighted by Crippen LogP contribution is 2.42. The van der Waals surface area contributed by atoms with Crippen molar-refractivity contribution in [3.63, 3.8) is 0 Å². The molecule has 10 aromatic rings. The molecule has 0 aliphatic rings. The summed E-state index contributed by atoms with van der Waals surface area (Å²) in [5.74, 6) is 0. The molecule has 4 heteroatoms. The van der Waals surface area contributed by atoms with E-state index >= 15 is 0 Å². The quantitative estimate of drug-likeness (QED) is 0.184. The van der Waals surface area contributed by atoms with E-state index in [-0.39, 0.29) is 0 Å². The van der Waals surface area contributed by atoms with Crippen molar-refractivity contribution in [1.29, 1.82) is 5.26 Å². The number of nitriles is 1. The van der Waals surface area contributed by atoms with Gasteiger partial charge in [-0.1, -0.05) is 121 Å². The lowest BCUT2D eigenvalue weighted by Gasteiger charge is -2.13. The van der Waals surface area contributed by atoms with E-state index in [1.54, 1.807) is 0 Å². The van der Waals surface area contributed by atoms with Crippen LogP contribution in [0, 0.1) is 11.3 Å². The Labute approximate surface area is 300 Å². The monoisotopic (exact) mass is 662 g/mol. The number of hydrogen-bond acceptors (Lipinski definition) is 2. The predicted molar refractivity (Wildman–Crippen MR) is 214 cm³/mol. The van der Waals surface area contributed by atoms with Crippen molar-refractivity contribution in [2.75, 3.05) is 0 Å². The highest BCUT2D eigenvalue weighted by atomic mass is 15.0. The number of pyridine rings is 1. The van der Waals surface area contributed by atoms with E-state index in [1.165, 1.54) is 21.5 Å². The summed E-state index contributed by atoms with van der Waals surface area (Å²) in [6.45, 7) is 0. The van der Waals surface area contributed by atoms with Crippen LogP contribution in [0.3, 0.4) is 0 Å². The maximum Gasteiger partial charge on any atom is 0.0992 e. The Bertz CT molecular complexity index is 2940. The lowest BCUT2D eigenvalue weighted by Crippen LogP contribution is -1.96. The van der Waals surface area contributed by atoms with E-state index in [1.807, 2.05) is 24.3 Å². The van der Waals surface area contributed by atoms with Crippen molar-refractivity contribution in [2.24, 2.45) is 0 Å². The number of benzene rings is 7. The molecule has 0 fully saturated rings. The summed E-state index contributed by atoms with van der Waals surface area (Å²) in [6.07, 6.45) is 0.